The zero-order valence-electron chi connectivity index (χ0n) is 7.66. The molecule has 4 nitrogen and oxygen atoms in total. The molecule has 14 heavy (non-hydrogen) atoms. The number of nitrogens with two attached hydrogens (primary N) is 1. The number of ketones is 1. The van der Waals surface area contributed by atoms with Crippen LogP contribution in [-0.4, -0.2) is 22.5 Å². The Balaban J connectivity index is 2.47. The van der Waals surface area contributed by atoms with Gasteiger partial charge in [0.25, 0.3) is 0 Å². The normalized spacial score (nSPS) is 10.6. The second-order valence-electron chi connectivity index (χ2n) is 3.08. The van der Waals surface area contributed by atoms with Crippen molar-refractivity contribution in [3.05, 3.63) is 30.0 Å². The van der Waals surface area contributed by atoms with Gasteiger partial charge in [-0.15, -0.1) is 0 Å². The Morgan fingerprint density at radius 1 is 1.43 bits per heavy atom. The highest BCUT2D eigenvalue weighted by molar-refractivity contribution is 6.05. The van der Waals surface area contributed by atoms with E-state index in [1.165, 1.54) is 0 Å². The van der Waals surface area contributed by atoms with Crippen LogP contribution in [0.4, 0.5) is 0 Å². The molecule has 0 saturated carbocycles. The first-order valence-electron chi connectivity index (χ1n) is 4.49. The Kier molecular flexibility index (Phi) is 2.28. The van der Waals surface area contributed by atoms with Crippen LogP contribution in [0.25, 0.3) is 10.9 Å². The second-order valence-corrected chi connectivity index (χ2v) is 3.08. The molecule has 3 N–H and O–H groups in total. The summed E-state index contributed by atoms with van der Waals surface area (Å²) in [7, 11) is 0. The summed E-state index contributed by atoms with van der Waals surface area (Å²) in [6, 6.07) is 7.55. The van der Waals surface area contributed by atoms with Gasteiger partial charge in [-0.25, -0.2) is 0 Å². The van der Waals surface area contributed by atoms with Crippen molar-refractivity contribution in [3.63, 3.8) is 0 Å². The molecule has 0 fully saturated rings. The maximum atomic E-state index is 11.6. The molecule has 0 atom stereocenters. The van der Waals surface area contributed by atoms with E-state index in [0.717, 1.165) is 10.9 Å². The molecule has 4 heteroatoms. The number of carbonyl (C=O) groups is 1. The number of Topliss-reactive ketones (excluding diaryl/α,β-unsaturated/α-hetero) is 1. The number of nitrogens with zero attached hydrogens (tertiary/aromatic N) is 1. The van der Waals surface area contributed by atoms with E-state index < -0.39 is 0 Å². The quantitative estimate of drug-likeness (QED) is 0.710. The number of rotatable bonds is 3. The van der Waals surface area contributed by atoms with Crippen LogP contribution in [-0.2, 0) is 0 Å². The predicted molar refractivity (Wildman–Crippen MR) is 54.1 cm³/mol. The summed E-state index contributed by atoms with van der Waals surface area (Å²) in [6.45, 7) is 0.361. The number of aromatic nitrogens is 2. The van der Waals surface area contributed by atoms with Gasteiger partial charge in [0.15, 0.2) is 5.78 Å². The lowest BCUT2D eigenvalue weighted by molar-refractivity contribution is 0.0982. The van der Waals surface area contributed by atoms with Crippen molar-refractivity contribution in [2.24, 2.45) is 5.73 Å². The number of aromatic amines is 1. The summed E-state index contributed by atoms with van der Waals surface area (Å²) in [5.74, 6) is -0.00931. The third kappa shape index (κ3) is 1.40. The van der Waals surface area contributed by atoms with Crippen LogP contribution in [0.15, 0.2) is 24.3 Å². The summed E-state index contributed by atoms with van der Waals surface area (Å²) < 4.78 is 0. The lowest BCUT2D eigenvalue weighted by Gasteiger charge is -1.93. The standard InChI is InChI=1S/C10H11N3O/c11-6-5-9(14)10-7-3-1-2-4-8(7)12-13-10/h1-4H,5-6,11H2,(H,12,13). The van der Waals surface area contributed by atoms with E-state index in [9.17, 15) is 4.79 Å². The molecule has 0 radical (unpaired) electrons. The summed E-state index contributed by atoms with van der Waals surface area (Å²) in [5, 5.41) is 7.67. The van der Waals surface area contributed by atoms with E-state index in [1.54, 1.807) is 0 Å². The SMILES string of the molecule is NCCC(=O)c1n[nH]c2ccccc12. The van der Waals surface area contributed by atoms with Crippen LogP contribution in [0.2, 0.25) is 0 Å². The molecule has 1 aromatic carbocycles. The molecule has 0 aliphatic heterocycles. The van der Waals surface area contributed by atoms with Gasteiger partial charge in [0.05, 0.1) is 5.52 Å². The fourth-order valence-corrected chi connectivity index (χ4v) is 1.43. The first-order chi connectivity index (χ1) is 6.83. The second kappa shape index (κ2) is 3.59. The van der Waals surface area contributed by atoms with Crippen molar-refractivity contribution < 1.29 is 4.79 Å². The summed E-state index contributed by atoms with van der Waals surface area (Å²) >= 11 is 0. The fraction of sp³-hybridized carbons (Fsp3) is 0.200. The molecular weight excluding hydrogens is 178 g/mol. The van der Waals surface area contributed by atoms with E-state index >= 15 is 0 Å². The van der Waals surface area contributed by atoms with Gasteiger partial charge in [-0.2, -0.15) is 5.10 Å². The van der Waals surface area contributed by atoms with E-state index in [0.29, 0.717) is 18.7 Å². The van der Waals surface area contributed by atoms with E-state index in [-0.39, 0.29) is 5.78 Å². The van der Waals surface area contributed by atoms with Gasteiger partial charge in [0.2, 0.25) is 0 Å². The average Bonchev–Trinajstić information content (AvgIpc) is 2.61. The van der Waals surface area contributed by atoms with Gasteiger partial charge in [0, 0.05) is 11.8 Å². The van der Waals surface area contributed by atoms with E-state index in [1.807, 2.05) is 24.3 Å². The molecule has 0 saturated heterocycles. The topological polar surface area (TPSA) is 71.8 Å². The highest BCUT2D eigenvalue weighted by Crippen LogP contribution is 2.15. The van der Waals surface area contributed by atoms with Crippen LogP contribution in [0.1, 0.15) is 16.9 Å². The summed E-state index contributed by atoms with van der Waals surface area (Å²) in [4.78, 5) is 11.6. The predicted octanol–water partition coefficient (Wildman–Crippen LogP) is 1.09. The molecule has 1 aromatic heterocycles. The molecule has 2 aromatic rings. The molecule has 72 valence electrons. The van der Waals surface area contributed by atoms with E-state index in [4.69, 9.17) is 5.73 Å². The molecule has 2 rings (SSSR count). The fourth-order valence-electron chi connectivity index (χ4n) is 1.43. The largest absolute Gasteiger partial charge is 0.330 e. The van der Waals surface area contributed by atoms with Crippen LogP contribution < -0.4 is 5.73 Å². The van der Waals surface area contributed by atoms with Crippen LogP contribution in [0.5, 0.6) is 0 Å². The lowest BCUT2D eigenvalue weighted by Crippen LogP contribution is -2.08. The molecule has 0 aliphatic carbocycles. The zero-order valence-corrected chi connectivity index (χ0v) is 7.66. The highest BCUT2D eigenvalue weighted by Gasteiger charge is 2.11. The van der Waals surface area contributed by atoms with Crippen molar-refractivity contribution in [2.45, 2.75) is 6.42 Å². The number of carbonyl (C=O) groups excluding carboxylic acids is 1. The monoisotopic (exact) mass is 189 g/mol. The van der Waals surface area contributed by atoms with Crippen molar-refractivity contribution in [2.75, 3.05) is 6.54 Å². The average molecular weight is 189 g/mol. The Hall–Kier alpha value is -1.68. The van der Waals surface area contributed by atoms with Crippen molar-refractivity contribution in [3.8, 4) is 0 Å². The Morgan fingerprint density at radius 2 is 2.21 bits per heavy atom. The molecule has 1 heterocycles. The number of para-hydroxylation sites is 1. The number of fused-ring (bicyclic) bond motifs is 1. The van der Waals surface area contributed by atoms with Gasteiger partial charge < -0.3 is 5.73 Å². The van der Waals surface area contributed by atoms with Gasteiger partial charge in [-0.05, 0) is 12.6 Å². The number of benzene rings is 1. The molecule has 0 bridgehead atoms. The third-order valence-electron chi connectivity index (χ3n) is 2.11. The maximum absolute atomic E-state index is 11.6. The number of hydrogen-bond donors (Lipinski definition) is 2. The van der Waals surface area contributed by atoms with Crippen molar-refractivity contribution in [1.29, 1.82) is 0 Å². The minimum absolute atomic E-state index is 0.00931. The van der Waals surface area contributed by atoms with Gasteiger partial charge in [-0.3, -0.25) is 9.89 Å². The molecular formula is C10H11N3O. The summed E-state index contributed by atoms with van der Waals surface area (Å²) in [5.41, 5.74) is 6.69. The minimum atomic E-state index is -0.00931. The molecule has 0 amide bonds. The maximum Gasteiger partial charge on any atom is 0.184 e. The van der Waals surface area contributed by atoms with Crippen LogP contribution >= 0.6 is 0 Å². The first kappa shape index (κ1) is 8.90. The molecule has 0 aliphatic rings. The summed E-state index contributed by atoms with van der Waals surface area (Å²) in [6.07, 6.45) is 0.342. The number of H-pyrrole nitrogens is 1. The Morgan fingerprint density at radius 3 is 3.00 bits per heavy atom. The van der Waals surface area contributed by atoms with Crippen molar-refractivity contribution in [1.82, 2.24) is 10.2 Å². The third-order valence-corrected chi connectivity index (χ3v) is 2.11. The van der Waals surface area contributed by atoms with Gasteiger partial charge in [0.1, 0.15) is 5.69 Å². The smallest absolute Gasteiger partial charge is 0.184 e. The van der Waals surface area contributed by atoms with Crippen LogP contribution in [0, 0.1) is 0 Å². The zero-order chi connectivity index (χ0) is 9.97. The van der Waals surface area contributed by atoms with Crippen LogP contribution in [0.3, 0.4) is 0 Å². The Bertz CT molecular complexity index is 461. The van der Waals surface area contributed by atoms with Crippen molar-refractivity contribution >= 4 is 16.7 Å². The van der Waals surface area contributed by atoms with E-state index in [2.05, 4.69) is 10.2 Å². The molecule has 0 spiro atoms. The molecule has 0 unspecified atom stereocenters. The number of nitrogens with one attached hydrogen (secondary N) is 1. The van der Waals surface area contributed by atoms with Gasteiger partial charge >= 0.3 is 0 Å². The van der Waals surface area contributed by atoms with Gasteiger partial charge in [-0.1, -0.05) is 18.2 Å². The minimum Gasteiger partial charge on any atom is -0.330 e. The Labute approximate surface area is 81.1 Å². The highest BCUT2D eigenvalue weighted by atomic mass is 16.1. The lowest BCUT2D eigenvalue weighted by atomic mass is 10.1. The first-order valence-corrected chi connectivity index (χ1v) is 4.49. The number of hydrogen-bond acceptors (Lipinski definition) is 3.